The van der Waals surface area contributed by atoms with Crippen LogP contribution in [0.1, 0.15) is 28.2 Å². The lowest BCUT2D eigenvalue weighted by molar-refractivity contribution is -0.134. The summed E-state index contributed by atoms with van der Waals surface area (Å²) in [6.07, 6.45) is 7.53. The molecule has 0 fully saturated rings. The number of hydrogen-bond acceptors (Lipinski definition) is 4. The Morgan fingerprint density at radius 3 is 2.43 bits per heavy atom. The van der Waals surface area contributed by atoms with Crippen LogP contribution in [0.4, 0.5) is 0 Å². The normalized spacial score (nSPS) is 15.7. The van der Waals surface area contributed by atoms with E-state index in [2.05, 4.69) is 28.7 Å². The van der Waals surface area contributed by atoms with Gasteiger partial charge in [-0.05, 0) is 18.9 Å². The van der Waals surface area contributed by atoms with Crippen molar-refractivity contribution in [2.24, 2.45) is 20.0 Å². The van der Waals surface area contributed by atoms with Crippen LogP contribution in [-0.2, 0) is 36.5 Å². The fourth-order valence-electron chi connectivity index (χ4n) is 3.82. The van der Waals surface area contributed by atoms with Crippen LogP contribution in [0.3, 0.4) is 0 Å². The zero-order chi connectivity index (χ0) is 21.8. The van der Waals surface area contributed by atoms with Crippen molar-refractivity contribution in [3.05, 3.63) is 65.9 Å². The van der Waals surface area contributed by atoms with Crippen LogP contribution in [0.15, 0.2) is 48.9 Å². The number of fused-ring (bicyclic) bond motifs is 3. The molecule has 156 valence electrons. The molecule has 1 aliphatic rings. The largest absolute Gasteiger partial charge is 0.478 e. The van der Waals surface area contributed by atoms with Gasteiger partial charge in [-0.1, -0.05) is 18.2 Å². The van der Waals surface area contributed by atoms with E-state index in [0.29, 0.717) is 12.2 Å². The number of nitrogens with zero attached hydrogens (tertiary/aromatic N) is 3. The standard InChI is InChI=1S/C18H19N3O.C4H4O4/c1-20-10-13(19-11-20)9-12-7-8-16-17(18(12)22)14-5-3-4-6-15(14)21(16)2;5-3(6)1-2-4(7)8/h3-6,10-12H,7-9H2,1-2H3;1-2H,(H,5,6)(H,7,8). The number of Topliss-reactive ketones (excluding diaryl/α,β-unsaturated/α-hetero) is 1. The molecule has 0 radical (unpaired) electrons. The molecule has 3 aromatic rings. The highest BCUT2D eigenvalue weighted by Gasteiger charge is 2.32. The molecule has 0 bridgehead atoms. The average molecular weight is 409 g/mol. The number of carbonyl (C=O) groups is 3. The molecule has 0 amide bonds. The van der Waals surface area contributed by atoms with Gasteiger partial charge in [-0.3, -0.25) is 4.79 Å². The highest BCUT2D eigenvalue weighted by Crippen LogP contribution is 2.34. The lowest BCUT2D eigenvalue weighted by atomic mass is 9.82. The van der Waals surface area contributed by atoms with E-state index in [9.17, 15) is 14.4 Å². The van der Waals surface area contributed by atoms with E-state index >= 15 is 0 Å². The van der Waals surface area contributed by atoms with E-state index in [1.807, 2.05) is 29.9 Å². The summed E-state index contributed by atoms with van der Waals surface area (Å²) in [6.45, 7) is 0. The second kappa shape index (κ2) is 8.77. The first kappa shape index (κ1) is 21.0. The second-order valence-corrected chi connectivity index (χ2v) is 7.24. The number of carbonyl (C=O) groups excluding carboxylic acids is 1. The molecular formula is C22H23N3O5. The van der Waals surface area contributed by atoms with Gasteiger partial charge in [0.2, 0.25) is 0 Å². The number of benzene rings is 1. The van der Waals surface area contributed by atoms with Crippen LogP contribution < -0.4 is 0 Å². The molecule has 0 spiro atoms. The molecule has 4 rings (SSSR count). The predicted octanol–water partition coefficient (Wildman–Crippen LogP) is 2.61. The monoisotopic (exact) mass is 409 g/mol. The number of aromatic nitrogens is 3. The summed E-state index contributed by atoms with van der Waals surface area (Å²) in [7, 11) is 4.02. The second-order valence-electron chi connectivity index (χ2n) is 7.24. The van der Waals surface area contributed by atoms with Crippen LogP contribution in [0, 0.1) is 5.92 Å². The van der Waals surface area contributed by atoms with E-state index in [-0.39, 0.29) is 11.7 Å². The third-order valence-corrected chi connectivity index (χ3v) is 5.16. The zero-order valence-electron chi connectivity index (χ0n) is 16.8. The first-order valence-electron chi connectivity index (χ1n) is 9.49. The van der Waals surface area contributed by atoms with Gasteiger partial charge in [0, 0.05) is 66.9 Å². The SMILES string of the molecule is Cn1cnc(CC2CCc3c(c4ccccc4n3C)C2=O)c1.O=C(O)C=CC(=O)O. The molecular weight excluding hydrogens is 386 g/mol. The quantitative estimate of drug-likeness (QED) is 0.640. The number of carboxylic acids is 2. The van der Waals surface area contributed by atoms with Gasteiger partial charge >= 0.3 is 11.9 Å². The van der Waals surface area contributed by atoms with Crippen molar-refractivity contribution in [3.8, 4) is 0 Å². The number of aryl methyl sites for hydroxylation is 2. The number of carboxylic acid groups (broad SMARTS) is 2. The topological polar surface area (TPSA) is 114 Å². The van der Waals surface area contributed by atoms with E-state index in [1.54, 1.807) is 6.33 Å². The Bertz CT molecular complexity index is 1120. The van der Waals surface area contributed by atoms with Crippen molar-refractivity contribution < 1.29 is 24.6 Å². The van der Waals surface area contributed by atoms with Gasteiger partial charge in [0.15, 0.2) is 5.78 Å². The predicted molar refractivity (Wildman–Crippen MR) is 110 cm³/mol. The molecule has 2 heterocycles. The Morgan fingerprint density at radius 1 is 1.17 bits per heavy atom. The van der Waals surface area contributed by atoms with Gasteiger partial charge in [-0.15, -0.1) is 0 Å². The molecule has 1 atom stereocenters. The lowest BCUT2D eigenvalue weighted by Crippen LogP contribution is -2.25. The molecule has 2 aromatic heterocycles. The highest BCUT2D eigenvalue weighted by atomic mass is 16.4. The van der Waals surface area contributed by atoms with Crippen molar-refractivity contribution in [2.45, 2.75) is 19.3 Å². The van der Waals surface area contributed by atoms with Crippen molar-refractivity contribution in [1.82, 2.24) is 14.1 Å². The summed E-state index contributed by atoms with van der Waals surface area (Å²) in [5.41, 5.74) is 4.28. The minimum Gasteiger partial charge on any atom is -0.478 e. The van der Waals surface area contributed by atoms with Crippen LogP contribution in [0.5, 0.6) is 0 Å². The Kier molecular flexibility index (Phi) is 6.15. The molecule has 8 heteroatoms. The van der Waals surface area contributed by atoms with E-state index in [1.165, 1.54) is 5.69 Å². The summed E-state index contributed by atoms with van der Waals surface area (Å²) >= 11 is 0. The summed E-state index contributed by atoms with van der Waals surface area (Å²) in [4.78, 5) is 36.5. The average Bonchev–Trinajstić information content (AvgIpc) is 3.24. The fourth-order valence-corrected chi connectivity index (χ4v) is 3.82. The molecule has 0 aliphatic heterocycles. The summed E-state index contributed by atoms with van der Waals surface area (Å²) in [6, 6.07) is 8.20. The third-order valence-electron chi connectivity index (χ3n) is 5.16. The zero-order valence-corrected chi connectivity index (χ0v) is 16.8. The van der Waals surface area contributed by atoms with Gasteiger partial charge in [-0.25, -0.2) is 14.6 Å². The van der Waals surface area contributed by atoms with Gasteiger partial charge in [0.1, 0.15) is 0 Å². The fraction of sp³-hybridized carbons (Fsp3) is 0.273. The van der Waals surface area contributed by atoms with E-state index in [0.717, 1.165) is 41.4 Å². The van der Waals surface area contributed by atoms with Crippen molar-refractivity contribution in [2.75, 3.05) is 0 Å². The minimum absolute atomic E-state index is 0.0493. The van der Waals surface area contributed by atoms with E-state index in [4.69, 9.17) is 10.2 Å². The maximum atomic E-state index is 13.0. The molecule has 1 aliphatic carbocycles. The van der Waals surface area contributed by atoms with Crippen LogP contribution in [0.2, 0.25) is 0 Å². The third kappa shape index (κ3) is 4.48. The molecule has 1 aromatic carbocycles. The molecule has 8 nitrogen and oxygen atoms in total. The Balaban J connectivity index is 0.000000275. The van der Waals surface area contributed by atoms with Crippen molar-refractivity contribution in [3.63, 3.8) is 0 Å². The number of imidazole rings is 1. The molecule has 0 saturated heterocycles. The Morgan fingerprint density at radius 2 is 1.83 bits per heavy atom. The summed E-state index contributed by atoms with van der Waals surface area (Å²) < 4.78 is 4.12. The summed E-state index contributed by atoms with van der Waals surface area (Å²) in [5, 5.41) is 16.7. The minimum atomic E-state index is -1.26. The van der Waals surface area contributed by atoms with Crippen LogP contribution >= 0.6 is 0 Å². The number of hydrogen-bond donors (Lipinski definition) is 2. The maximum Gasteiger partial charge on any atom is 0.328 e. The van der Waals surface area contributed by atoms with Crippen LogP contribution in [-0.4, -0.2) is 42.1 Å². The van der Waals surface area contributed by atoms with Gasteiger partial charge in [0.05, 0.1) is 12.0 Å². The number of aliphatic carboxylic acids is 2. The molecule has 1 unspecified atom stereocenters. The van der Waals surface area contributed by atoms with Crippen molar-refractivity contribution in [1.29, 1.82) is 0 Å². The number of rotatable bonds is 4. The van der Waals surface area contributed by atoms with Gasteiger partial charge in [-0.2, -0.15) is 0 Å². The van der Waals surface area contributed by atoms with Gasteiger partial charge in [0.25, 0.3) is 0 Å². The summed E-state index contributed by atoms with van der Waals surface area (Å²) in [5.74, 6) is -2.18. The first-order chi connectivity index (χ1) is 14.3. The van der Waals surface area contributed by atoms with Gasteiger partial charge < -0.3 is 19.3 Å². The number of ketones is 1. The molecule has 30 heavy (non-hydrogen) atoms. The molecule has 2 N–H and O–H groups in total. The first-order valence-corrected chi connectivity index (χ1v) is 9.49. The highest BCUT2D eigenvalue weighted by molar-refractivity contribution is 6.11. The Labute approximate surface area is 173 Å². The van der Waals surface area contributed by atoms with Crippen molar-refractivity contribution >= 4 is 28.6 Å². The Hall–Kier alpha value is -3.68. The number of para-hydroxylation sites is 1. The smallest absolute Gasteiger partial charge is 0.328 e. The maximum absolute atomic E-state index is 13.0. The lowest BCUT2D eigenvalue weighted by Gasteiger charge is -2.21. The van der Waals surface area contributed by atoms with Crippen LogP contribution in [0.25, 0.3) is 10.9 Å². The van der Waals surface area contributed by atoms with E-state index < -0.39 is 11.9 Å². The molecule has 0 saturated carbocycles.